The lowest BCUT2D eigenvalue weighted by Gasteiger charge is -2.23. The molecule has 1 fully saturated rings. The standard InChI is InChI=1S/C23H23Cl2N5/c24-19-6-5-15(11-20(19)25)14-30-22(28-29-23(30)16-7-9-26-10-8-16)12-17-13-27-21-4-2-1-3-18(17)21/h1-6,11,13,16,26-27H,7-10,12,14H2. The maximum absolute atomic E-state index is 6.28. The second-order valence-electron chi connectivity index (χ2n) is 7.87. The highest BCUT2D eigenvalue weighted by Crippen LogP contribution is 2.28. The van der Waals surface area contributed by atoms with E-state index in [-0.39, 0.29) is 0 Å². The van der Waals surface area contributed by atoms with Gasteiger partial charge in [-0.2, -0.15) is 0 Å². The van der Waals surface area contributed by atoms with Gasteiger partial charge in [-0.05, 0) is 55.3 Å². The number of fused-ring (bicyclic) bond motifs is 1. The minimum Gasteiger partial charge on any atom is -0.361 e. The number of nitrogens with zero attached hydrogens (tertiary/aromatic N) is 3. The molecule has 4 aromatic rings. The zero-order valence-corrected chi connectivity index (χ0v) is 18.0. The van der Waals surface area contributed by atoms with Crippen LogP contribution in [0.5, 0.6) is 0 Å². The number of para-hydroxylation sites is 1. The minimum absolute atomic E-state index is 0.415. The Kier molecular flexibility index (Phi) is 5.50. The van der Waals surface area contributed by atoms with Gasteiger partial charge in [-0.15, -0.1) is 10.2 Å². The summed E-state index contributed by atoms with van der Waals surface area (Å²) in [7, 11) is 0. The Morgan fingerprint density at radius 3 is 2.67 bits per heavy atom. The second-order valence-corrected chi connectivity index (χ2v) is 8.68. The normalized spacial score (nSPS) is 15.1. The second kappa shape index (κ2) is 8.42. The highest BCUT2D eigenvalue weighted by Gasteiger charge is 2.24. The molecular formula is C23H23Cl2N5. The molecule has 0 aliphatic carbocycles. The number of aromatic amines is 1. The summed E-state index contributed by atoms with van der Waals surface area (Å²) in [5, 5.41) is 15.1. The average Bonchev–Trinajstić information content (AvgIpc) is 3.36. The van der Waals surface area contributed by atoms with Crippen LogP contribution in [-0.2, 0) is 13.0 Å². The smallest absolute Gasteiger partial charge is 0.137 e. The number of aromatic nitrogens is 4. The zero-order valence-electron chi connectivity index (χ0n) is 16.5. The molecule has 3 heterocycles. The number of rotatable bonds is 5. The van der Waals surface area contributed by atoms with Crippen LogP contribution >= 0.6 is 23.2 Å². The molecule has 2 aromatic heterocycles. The van der Waals surface area contributed by atoms with Crippen LogP contribution in [-0.4, -0.2) is 32.8 Å². The number of hydrogen-bond acceptors (Lipinski definition) is 3. The van der Waals surface area contributed by atoms with Crippen molar-refractivity contribution in [2.75, 3.05) is 13.1 Å². The van der Waals surface area contributed by atoms with Gasteiger partial charge < -0.3 is 14.9 Å². The van der Waals surface area contributed by atoms with Crippen molar-refractivity contribution in [1.82, 2.24) is 25.1 Å². The molecule has 1 aliphatic rings. The summed E-state index contributed by atoms with van der Waals surface area (Å²) in [4.78, 5) is 3.36. The van der Waals surface area contributed by atoms with Gasteiger partial charge in [-0.25, -0.2) is 0 Å². The van der Waals surface area contributed by atoms with E-state index in [0.29, 0.717) is 22.5 Å². The summed E-state index contributed by atoms with van der Waals surface area (Å²) in [5.41, 5.74) is 3.46. The fraction of sp³-hybridized carbons (Fsp3) is 0.304. The predicted molar refractivity (Wildman–Crippen MR) is 122 cm³/mol. The first kappa shape index (κ1) is 19.6. The molecule has 5 rings (SSSR count). The van der Waals surface area contributed by atoms with E-state index >= 15 is 0 Å². The van der Waals surface area contributed by atoms with E-state index in [1.54, 1.807) is 0 Å². The maximum Gasteiger partial charge on any atom is 0.137 e. The number of benzene rings is 2. The summed E-state index contributed by atoms with van der Waals surface area (Å²) < 4.78 is 2.28. The highest BCUT2D eigenvalue weighted by atomic mass is 35.5. The first-order valence-corrected chi connectivity index (χ1v) is 11.1. The van der Waals surface area contributed by atoms with E-state index in [4.69, 9.17) is 23.2 Å². The van der Waals surface area contributed by atoms with Gasteiger partial charge in [0.1, 0.15) is 11.6 Å². The van der Waals surface area contributed by atoms with Gasteiger partial charge in [0.15, 0.2) is 0 Å². The zero-order chi connectivity index (χ0) is 20.5. The Labute approximate surface area is 185 Å². The Balaban J connectivity index is 1.52. The molecule has 1 aliphatic heterocycles. The number of H-pyrrole nitrogens is 1. The van der Waals surface area contributed by atoms with E-state index in [9.17, 15) is 0 Å². The van der Waals surface area contributed by atoms with Crippen LogP contribution in [0.1, 0.15) is 41.5 Å². The first-order valence-electron chi connectivity index (χ1n) is 10.3. The summed E-state index contributed by atoms with van der Waals surface area (Å²) in [6.45, 7) is 2.71. The van der Waals surface area contributed by atoms with Gasteiger partial charge >= 0.3 is 0 Å². The van der Waals surface area contributed by atoms with Crippen LogP contribution in [0, 0.1) is 0 Å². The largest absolute Gasteiger partial charge is 0.361 e. The molecule has 0 saturated carbocycles. The van der Waals surface area contributed by atoms with E-state index in [0.717, 1.165) is 55.1 Å². The van der Waals surface area contributed by atoms with Crippen molar-refractivity contribution in [3.05, 3.63) is 81.5 Å². The molecule has 0 amide bonds. The molecule has 0 atom stereocenters. The predicted octanol–water partition coefficient (Wildman–Crippen LogP) is 5.17. The van der Waals surface area contributed by atoms with Crippen LogP contribution in [0.3, 0.4) is 0 Å². The van der Waals surface area contributed by atoms with E-state index < -0.39 is 0 Å². The average molecular weight is 440 g/mol. The fourth-order valence-electron chi connectivity index (χ4n) is 4.30. The van der Waals surface area contributed by atoms with Crippen molar-refractivity contribution in [2.45, 2.75) is 31.7 Å². The number of hydrogen-bond donors (Lipinski definition) is 2. The van der Waals surface area contributed by atoms with Crippen LogP contribution < -0.4 is 5.32 Å². The third-order valence-corrected chi connectivity index (χ3v) is 6.65. The van der Waals surface area contributed by atoms with Crippen LogP contribution in [0.25, 0.3) is 10.9 Å². The minimum atomic E-state index is 0.415. The molecule has 5 nitrogen and oxygen atoms in total. The molecule has 0 bridgehead atoms. The van der Waals surface area contributed by atoms with E-state index in [1.807, 2.05) is 24.3 Å². The Morgan fingerprint density at radius 1 is 1.00 bits per heavy atom. The molecule has 30 heavy (non-hydrogen) atoms. The molecule has 7 heteroatoms. The van der Waals surface area contributed by atoms with Gasteiger partial charge in [0.25, 0.3) is 0 Å². The van der Waals surface area contributed by atoms with Crippen molar-refractivity contribution in [3.8, 4) is 0 Å². The lowest BCUT2D eigenvalue weighted by Crippen LogP contribution is -2.28. The molecule has 0 unspecified atom stereocenters. The third-order valence-electron chi connectivity index (χ3n) is 5.91. The van der Waals surface area contributed by atoms with Gasteiger partial charge in [-0.1, -0.05) is 47.5 Å². The molecule has 0 radical (unpaired) electrons. The summed E-state index contributed by atoms with van der Waals surface area (Å²) in [6.07, 6.45) is 4.95. The Bertz CT molecular complexity index is 1170. The number of halogens is 2. The lowest BCUT2D eigenvalue weighted by molar-refractivity contribution is 0.432. The van der Waals surface area contributed by atoms with Crippen LogP contribution in [0.15, 0.2) is 48.7 Å². The van der Waals surface area contributed by atoms with Gasteiger partial charge in [-0.3, -0.25) is 0 Å². The van der Waals surface area contributed by atoms with E-state index in [1.165, 1.54) is 10.9 Å². The first-order chi connectivity index (χ1) is 14.7. The summed E-state index contributed by atoms with van der Waals surface area (Å²) >= 11 is 12.4. The Hall–Kier alpha value is -2.34. The quantitative estimate of drug-likeness (QED) is 0.450. The fourth-order valence-corrected chi connectivity index (χ4v) is 4.62. The molecular weight excluding hydrogens is 417 g/mol. The van der Waals surface area contributed by atoms with Gasteiger partial charge in [0.05, 0.1) is 16.6 Å². The molecule has 154 valence electrons. The molecule has 2 N–H and O–H groups in total. The van der Waals surface area contributed by atoms with Crippen LogP contribution in [0.2, 0.25) is 10.0 Å². The SMILES string of the molecule is Clc1ccc(Cn2c(Cc3c[nH]c4ccccc34)nnc2C2CCNCC2)cc1Cl. The van der Waals surface area contributed by atoms with Gasteiger partial charge in [0.2, 0.25) is 0 Å². The van der Waals surface area contributed by atoms with Crippen molar-refractivity contribution in [3.63, 3.8) is 0 Å². The monoisotopic (exact) mass is 439 g/mol. The van der Waals surface area contributed by atoms with Crippen molar-refractivity contribution in [2.24, 2.45) is 0 Å². The Morgan fingerprint density at radius 2 is 1.83 bits per heavy atom. The molecule has 2 aromatic carbocycles. The summed E-state index contributed by atoms with van der Waals surface area (Å²) in [6, 6.07) is 14.2. The molecule has 0 spiro atoms. The van der Waals surface area contributed by atoms with Gasteiger partial charge in [0, 0.05) is 29.4 Å². The highest BCUT2D eigenvalue weighted by molar-refractivity contribution is 6.42. The third kappa shape index (κ3) is 3.85. The van der Waals surface area contributed by atoms with Crippen molar-refractivity contribution < 1.29 is 0 Å². The van der Waals surface area contributed by atoms with Crippen LogP contribution in [0.4, 0.5) is 0 Å². The number of piperidine rings is 1. The molecule has 1 saturated heterocycles. The lowest BCUT2D eigenvalue weighted by atomic mass is 9.97. The van der Waals surface area contributed by atoms with E-state index in [2.05, 4.69) is 49.5 Å². The maximum atomic E-state index is 6.28. The van der Waals surface area contributed by atoms with Crippen molar-refractivity contribution in [1.29, 1.82) is 0 Å². The van der Waals surface area contributed by atoms with Crippen molar-refractivity contribution >= 4 is 34.1 Å². The summed E-state index contributed by atoms with van der Waals surface area (Å²) in [5.74, 6) is 2.45. The number of nitrogens with one attached hydrogen (secondary N) is 2. The topological polar surface area (TPSA) is 58.5 Å².